The summed E-state index contributed by atoms with van der Waals surface area (Å²) in [5, 5.41) is 3.55. The van der Waals surface area contributed by atoms with Crippen molar-refractivity contribution in [1.82, 2.24) is 5.32 Å². The highest BCUT2D eigenvalue weighted by molar-refractivity contribution is 4.84. The smallest absolute Gasteiger partial charge is 0.0776 e. The first-order valence-corrected chi connectivity index (χ1v) is 6.61. The van der Waals surface area contributed by atoms with Gasteiger partial charge in [-0.2, -0.15) is 0 Å². The van der Waals surface area contributed by atoms with E-state index in [0.717, 1.165) is 26.2 Å². The van der Waals surface area contributed by atoms with Gasteiger partial charge in [-0.1, -0.05) is 13.8 Å². The van der Waals surface area contributed by atoms with Gasteiger partial charge in [0.05, 0.1) is 24.9 Å². The first-order valence-electron chi connectivity index (χ1n) is 6.61. The van der Waals surface area contributed by atoms with Gasteiger partial charge in [-0.3, -0.25) is 0 Å². The zero-order chi connectivity index (χ0) is 12.0. The lowest BCUT2D eigenvalue weighted by molar-refractivity contribution is -0.00132. The molecule has 0 aliphatic carbocycles. The normalized spacial score (nSPS) is 27.6. The van der Waals surface area contributed by atoms with Crippen molar-refractivity contribution in [2.24, 2.45) is 5.92 Å². The van der Waals surface area contributed by atoms with Crippen molar-refractivity contribution >= 4 is 0 Å². The molecule has 96 valence electrons. The Kier molecular flexibility index (Phi) is 6.32. The monoisotopic (exact) mass is 229 g/mol. The van der Waals surface area contributed by atoms with Gasteiger partial charge in [0.25, 0.3) is 0 Å². The van der Waals surface area contributed by atoms with Gasteiger partial charge in [-0.05, 0) is 39.2 Å². The highest BCUT2D eigenvalue weighted by atomic mass is 16.5. The Morgan fingerprint density at radius 2 is 2.19 bits per heavy atom. The van der Waals surface area contributed by atoms with Crippen molar-refractivity contribution in [3.05, 3.63) is 0 Å². The summed E-state index contributed by atoms with van der Waals surface area (Å²) in [7, 11) is 0. The molecule has 0 amide bonds. The number of hydrogen-bond acceptors (Lipinski definition) is 3. The maximum absolute atomic E-state index is 5.81. The molecule has 1 saturated heterocycles. The fourth-order valence-corrected chi connectivity index (χ4v) is 2.13. The van der Waals surface area contributed by atoms with Gasteiger partial charge in [0.15, 0.2) is 0 Å². The lowest BCUT2D eigenvalue weighted by Gasteiger charge is -2.27. The molecule has 1 aliphatic rings. The molecule has 0 aromatic rings. The summed E-state index contributed by atoms with van der Waals surface area (Å²) in [6.45, 7) is 11.3. The zero-order valence-corrected chi connectivity index (χ0v) is 11.2. The van der Waals surface area contributed by atoms with Crippen LogP contribution in [0.25, 0.3) is 0 Å². The van der Waals surface area contributed by atoms with Gasteiger partial charge >= 0.3 is 0 Å². The number of rotatable bonds is 7. The van der Waals surface area contributed by atoms with Crippen molar-refractivity contribution in [2.45, 2.75) is 58.8 Å². The molecular formula is C13H27NO2. The van der Waals surface area contributed by atoms with Gasteiger partial charge in [-0.25, -0.2) is 0 Å². The van der Waals surface area contributed by atoms with E-state index in [9.17, 15) is 0 Å². The molecule has 1 aliphatic heterocycles. The van der Waals surface area contributed by atoms with Crippen LogP contribution in [0, 0.1) is 5.92 Å². The topological polar surface area (TPSA) is 30.5 Å². The molecule has 3 nitrogen and oxygen atoms in total. The summed E-state index contributed by atoms with van der Waals surface area (Å²) in [6.07, 6.45) is 2.95. The molecule has 1 rings (SSSR count). The van der Waals surface area contributed by atoms with Gasteiger partial charge in [0, 0.05) is 6.61 Å². The second-order valence-corrected chi connectivity index (χ2v) is 5.04. The molecule has 0 radical (unpaired) electrons. The van der Waals surface area contributed by atoms with E-state index in [4.69, 9.17) is 9.47 Å². The minimum atomic E-state index is 0.294. The van der Waals surface area contributed by atoms with E-state index in [1.54, 1.807) is 0 Å². The molecule has 0 aromatic carbocycles. The molecule has 0 spiro atoms. The van der Waals surface area contributed by atoms with Crippen LogP contribution in [0.5, 0.6) is 0 Å². The van der Waals surface area contributed by atoms with Gasteiger partial charge in [-0.15, -0.1) is 0 Å². The fourth-order valence-electron chi connectivity index (χ4n) is 2.13. The zero-order valence-electron chi connectivity index (χ0n) is 11.2. The van der Waals surface area contributed by atoms with Crippen LogP contribution < -0.4 is 5.32 Å². The molecule has 1 heterocycles. The molecule has 1 fully saturated rings. The summed E-state index contributed by atoms with van der Waals surface area (Å²) < 4.78 is 11.5. The minimum absolute atomic E-state index is 0.294. The first kappa shape index (κ1) is 13.9. The molecular weight excluding hydrogens is 202 g/mol. The van der Waals surface area contributed by atoms with Crippen molar-refractivity contribution in [1.29, 1.82) is 0 Å². The average Bonchev–Trinajstić information content (AvgIpc) is 2.65. The molecule has 3 unspecified atom stereocenters. The maximum Gasteiger partial charge on any atom is 0.0776 e. The van der Waals surface area contributed by atoms with Crippen LogP contribution in [-0.4, -0.2) is 38.0 Å². The third-order valence-corrected chi connectivity index (χ3v) is 3.11. The fraction of sp³-hybridized carbons (Fsp3) is 1.00. The third kappa shape index (κ3) is 4.40. The first-order chi connectivity index (χ1) is 7.65. The second-order valence-electron chi connectivity index (χ2n) is 5.04. The second kappa shape index (κ2) is 7.25. The number of ether oxygens (including phenoxy) is 2. The highest BCUT2D eigenvalue weighted by Crippen LogP contribution is 2.23. The lowest BCUT2D eigenvalue weighted by Crippen LogP contribution is -2.46. The van der Waals surface area contributed by atoms with E-state index in [0.29, 0.717) is 24.2 Å². The Bertz CT molecular complexity index is 185. The van der Waals surface area contributed by atoms with E-state index in [1.165, 1.54) is 6.42 Å². The minimum Gasteiger partial charge on any atom is -0.377 e. The predicted molar refractivity (Wildman–Crippen MR) is 66.7 cm³/mol. The SMILES string of the molecule is CCCNC(COC(C)C)C1OCCC1C. The van der Waals surface area contributed by atoms with Gasteiger partial charge in [0.1, 0.15) is 0 Å². The predicted octanol–water partition coefficient (Wildman–Crippen LogP) is 2.20. The van der Waals surface area contributed by atoms with Crippen LogP contribution in [0.15, 0.2) is 0 Å². The molecule has 0 aromatic heterocycles. The van der Waals surface area contributed by atoms with Crippen LogP contribution in [0.2, 0.25) is 0 Å². The maximum atomic E-state index is 5.81. The summed E-state index contributed by atoms with van der Waals surface area (Å²) in [4.78, 5) is 0. The van der Waals surface area contributed by atoms with Crippen molar-refractivity contribution < 1.29 is 9.47 Å². The van der Waals surface area contributed by atoms with E-state index in [1.807, 2.05) is 0 Å². The molecule has 1 N–H and O–H groups in total. The third-order valence-electron chi connectivity index (χ3n) is 3.11. The molecule has 0 saturated carbocycles. The van der Waals surface area contributed by atoms with E-state index < -0.39 is 0 Å². The summed E-state index contributed by atoms with van der Waals surface area (Å²) in [5.74, 6) is 0.644. The Hall–Kier alpha value is -0.120. The Labute approximate surface area is 99.9 Å². The standard InChI is InChI=1S/C13H27NO2/c1-5-7-14-12(9-16-10(2)3)13-11(4)6-8-15-13/h10-14H,5-9H2,1-4H3. The Balaban J connectivity index is 2.41. The summed E-state index contributed by atoms with van der Waals surface area (Å²) in [6, 6.07) is 0.347. The summed E-state index contributed by atoms with van der Waals surface area (Å²) >= 11 is 0. The van der Waals surface area contributed by atoms with Crippen LogP contribution >= 0.6 is 0 Å². The van der Waals surface area contributed by atoms with Gasteiger partial charge in [0.2, 0.25) is 0 Å². The average molecular weight is 229 g/mol. The highest BCUT2D eigenvalue weighted by Gasteiger charge is 2.31. The van der Waals surface area contributed by atoms with Crippen molar-refractivity contribution in [2.75, 3.05) is 19.8 Å². The van der Waals surface area contributed by atoms with E-state index in [2.05, 4.69) is 33.0 Å². The van der Waals surface area contributed by atoms with E-state index >= 15 is 0 Å². The molecule has 0 bridgehead atoms. The molecule has 3 heteroatoms. The Morgan fingerprint density at radius 3 is 2.69 bits per heavy atom. The van der Waals surface area contributed by atoms with Crippen molar-refractivity contribution in [3.8, 4) is 0 Å². The quantitative estimate of drug-likeness (QED) is 0.726. The van der Waals surface area contributed by atoms with Crippen LogP contribution in [0.3, 0.4) is 0 Å². The number of hydrogen-bond donors (Lipinski definition) is 1. The lowest BCUT2D eigenvalue weighted by atomic mass is 9.98. The molecule has 16 heavy (non-hydrogen) atoms. The summed E-state index contributed by atoms with van der Waals surface area (Å²) in [5.41, 5.74) is 0. The van der Waals surface area contributed by atoms with E-state index in [-0.39, 0.29) is 0 Å². The van der Waals surface area contributed by atoms with Crippen LogP contribution in [0.4, 0.5) is 0 Å². The van der Waals surface area contributed by atoms with Gasteiger partial charge < -0.3 is 14.8 Å². The Morgan fingerprint density at radius 1 is 1.44 bits per heavy atom. The largest absolute Gasteiger partial charge is 0.377 e. The molecule has 3 atom stereocenters. The number of nitrogens with one attached hydrogen (secondary N) is 1. The van der Waals surface area contributed by atoms with Crippen molar-refractivity contribution in [3.63, 3.8) is 0 Å². The van der Waals surface area contributed by atoms with Crippen LogP contribution in [0.1, 0.15) is 40.5 Å². The van der Waals surface area contributed by atoms with Crippen LogP contribution in [-0.2, 0) is 9.47 Å².